The first-order valence-electron chi connectivity index (χ1n) is 6.04. The highest BCUT2D eigenvalue weighted by Crippen LogP contribution is 2.18. The molecule has 0 atom stereocenters. The van der Waals surface area contributed by atoms with Gasteiger partial charge in [0.05, 0.1) is 17.8 Å². The number of hydrogen-bond donors (Lipinski definition) is 1. The van der Waals surface area contributed by atoms with Crippen molar-refractivity contribution in [1.82, 2.24) is 9.88 Å². The molecule has 0 aliphatic rings. The Labute approximate surface area is 117 Å². The zero-order valence-corrected chi connectivity index (χ0v) is 12.1. The Morgan fingerprint density at radius 3 is 2.95 bits per heavy atom. The maximum atomic E-state index is 12.4. The molecular formula is C14H17N3OS. The first-order chi connectivity index (χ1) is 9.11. The highest BCUT2D eigenvalue weighted by atomic mass is 32.1. The van der Waals surface area contributed by atoms with Gasteiger partial charge in [0.1, 0.15) is 0 Å². The van der Waals surface area contributed by atoms with Crippen LogP contribution in [0.15, 0.2) is 29.8 Å². The fourth-order valence-electron chi connectivity index (χ4n) is 1.85. The molecule has 100 valence electrons. The molecule has 2 aromatic heterocycles. The second-order valence-corrected chi connectivity index (χ2v) is 5.39. The van der Waals surface area contributed by atoms with Crippen LogP contribution in [0.1, 0.15) is 20.9 Å². The van der Waals surface area contributed by atoms with E-state index in [1.54, 1.807) is 29.5 Å². The Bertz CT molecular complexity index is 566. The molecule has 0 fully saturated rings. The number of hydrogen-bond acceptors (Lipinski definition) is 4. The molecule has 0 aliphatic carbocycles. The van der Waals surface area contributed by atoms with Crippen molar-refractivity contribution in [3.8, 4) is 0 Å². The maximum absolute atomic E-state index is 12.4. The highest BCUT2D eigenvalue weighted by Gasteiger charge is 2.16. The second kappa shape index (κ2) is 5.84. The van der Waals surface area contributed by atoms with Crippen LogP contribution < -0.4 is 5.32 Å². The summed E-state index contributed by atoms with van der Waals surface area (Å²) in [7, 11) is 3.62. The summed E-state index contributed by atoms with van der Waals surface area (Å²) < 4.78 is 0. The van der Waals surface area contributed by atoms with Crippen molar-refractivity contribution in [3.63, 3.8) is 0 Å². The minimum absolute atomic E-state index is 0.0229. The standard InChI is InChI=1S/C14H17N3OS/c1-10-7-13(15-2)12(8-16-10)14(18)17(3)9-11-5-4-6-19-11/h4-8H,9H2,1-3H3,(H,15,16). The predicted octanol–water partition coefficient (Wildman–Crippen LogP) is 2.77. The van der Waals surface area contributed by atoms with Gasteiger partial charge < -0.3 is 10.2 Å². The molecule has 0 saturated carbocycles. The molecule has 0 unspecified atom stereocenters. The van der Waals surface area contributed by atoms with E-state index in [9.17, 15) is 4.79 Å². The van der Waals surface area contributed by atoms with Crippen LogP contribution in [0, 0.1) is 6.92 Å². The summed E-state index contributed by atoms with van der Waals surface area (Å²) in [5.74, 6) is -0.0229. The Balaban J connectivity index is 2.19. The van der Waals surface area contributed by atoms with E-state index in [4.69, 9.17) is 0 Å². The monoisotopic (exact) mass is 275 g/mol. The minimum atomic E-state index is -0.0229. The second-order valence-electron chi connectivity index (χ2n) is 4.36. The molecule has 4 nitrogen and oxygen atoms in total. The molecule has 0 spiro atoms. The number of thiophene rings is 1. The van der Waals surface area contributed by atoms with E-state index < -0.39 is 0 Å². The average molecular weight is 275 g/mol. The smallest absolute Gasteiger partial charge is 0.257 e. The van der Waals surface area contributed by atoms with Crippen molar-refractivity contribution in [2.24, 2.45) is 0 Å². The van der Waals surface area contributed by atoms with Gasteiger partial charge in [0.2, 0.25) is 0 Å². The van der Waals surface area contributed by atoms with Crippen LogP contribution in [0.25, 0.3) is 0 Å². The van der Waals surface area contributed by atoms with Crippen LogP contribution in [0.3, 0.4) is 0 Å². The predicted molar refractivity (Wildman–Crippen MR) is 78.6 cm³/mol. The van der Waals surface area contributed by atoms with Gasteiger partial charge in [-0.1, -0.05) is 6.07 Å². The SMILES string of the molecule is CNc1cc(C)ncc1C(=O)N(C)Cc1cccs1. The Hall–Kier alpha value is -1.88. The fraction of sp³-hybridized carbons (Fsp3) is 0.286. The molecule has 2 rings (SSSR count). The van der Waals surface area contributed by atoms with E-state index >= 15 is 0 Å². The summed E-state index contributed by atoms with van der Waals surface area (Å²) >= 11 is 1.65. The number of rotatable bonds is 4. The van der Waals surface area contributed by atoms with Crippen LogP contribution in [-0.4, -0.2) is 29.9 Å². The van der Waals surface area contributed by atoms with E-state index in [1.165, 1.54) is 4.88 Å². The van der Waals surface area contributed by atoms with Crippen LogP contribution in [-0.2, 0) is 6.54 Å². The summed E-state index contributed by atoms with van der Waals surface area (Å²) in [4.78, 5) is 19.5. The summed E-state index contributed by atoms with van der Waals surface area (Å²) in [6.45, 7) is 2.53. The zero-order valence-electron chi connectivity index (χ0n) is 11.3. The molecule has 0 aliphatic heterocycles. The first-order valence-corrected chi connectivity index (χ1v) is 6.92. The number of aryl methyl sites for hydroxylation is 1. The van der Waals surface area contributed by atoms with Crippen LogP contribution in [0.2, 0.25) is 0 Å². The lowest BCUT2D eigenvalue weighted by Crippen LogP contribution is -2.26. The largest absolute Gasteiger partial charge is 0.387 e. The lowest BCUT2D eigenvalue weighted by atomic mass is 10.2. The van der Waals surface area contributed by atoms with E-state index in [1.807, 2.05) is 37.6 Å². The molecule has 1 N–H and O–H groups in total. The number of pyridine rings is 1. The zero-order chi connectivity index (χ0) is 13.8. The lowest BCUT2D eigenvalue weighted by Gasteiger charge is -2.18. The molecule has 0 radical (unpaired) electrons. The Morgan fingerprint density at radius 2 is 2.32 bits per heavy atom. The van der Waals surface area contributed by atoms with Gasteiger partial charge in [0.25, 0.3) is 5.91 Å². The minimum Gasteiger partial charge on any atom is -0.387 e. The third kappa shape index (κ3) is 3.12. The van der Waals surface area contributed by atoms with Crippen LogP contribution in [0.5, 0.6) is 0 Å². The highest BCUT2D eigenvalue weighted by molar-refractivity contribution is 7.09. The van der Waals surface area contributed by atoms with Gasteiger partial charge >= 0.3 is 0 Å². The third-order valence-electron chi connectivity index (χ3n) is 2.86. The topological polar surface area (TPSA) is 45.2 Å². The van der Waals surface area contributed by atoms with Gasteiger partial charge in [-0.15, -0.1) is 11.3 Å². The molecule has 2 aromatic rings. The average Bonchev–Trinajstić information content (AvgIpc) is 2.90. The van der Waals surface area contributed by atoms with Crippen molar-refractivity contribution in [2.75, 3.05) is 19.4 Å². The molecule has 0 bridgehead atoms. The summed E-state index contributed by atoms with van der Waals surface area (Å²) in [6, 6.07) is 5.90. The van der Waals surface area contributed by atoms with E-state index in [0.717, 1.165) is 11.4 Å². The molecule has 19 heavy (non-hydrogen) atoms. The van der Waals surface area contributed by atoms with Crippen LogP contribution in [0.4, 0.5) is 5.69 Å². The maximum Gasteiger partial charge on any atom is 0.257 e. The number of carbonyl (C=O) groups excluding carboxylic acids is 1. The van der Waals surface area contributed by atoms with E-state index in [-0.39, 0.29) is 5.91 Å². The van der Waals surface area contributed by atoms with Crippen LogP contribution >= 0.6 is 11.3 Å². The quantitative estimate of drug-likeness (QED) is 0.933. The van der Waals surface area contributed by atoms with Crippen molar-refractivity contribution >= 4 is 22.9 Å². The third-order valence-corrected chi connectivity index (χ3v) is 3.72. The molecule has 0 saturated heterocycles. The lowest BCUT2D eigenvalue weighted by molar-refractivity contribution is 0.0787. The number of nitrogens with one attached hydrogen (secondary N) is 1. The normalized spacial score (nSPS) is 10.3. The summed E-state index contributed by atoms with van der Waals surface area (Å²) in [6.07, 6.45) is 1.63. The number of carbonyl (C=O) groups is 1. The van der Waals surface area contributed by atoms with Crippen molar-refractivity contribution in [1.29, 1.82) is 0 Å². The summed E-state index contributed by atoms with van der Waals surface area (Å²) in [5.41, 5.74) is 2.31. The number of aromatic nitrogens is 1. The van der Waals surface area contributed by atoms with Crippen molar-refractivity contribution in [2.45, 2.75) is 13.5 Å². The molecule has 1 amide bonds. The van der Waals surface area contributed by atoms with Gasteiger partial charge in [-0.2, -0.15) is 0 Å². The summed E-state index contributed by atoms with van der Waals surface area (Å²) in [5, 5.41) is 5.06. The van der Waals surface area contributed by atoms with Gasteiger partial charge in [-0.05, 0) is 24.4 Å². The molecule has 0 aromatic carbocycles. The van der Waals surface area contributed by atoms with E-state index in [0.29, 0.717) is 12.1 Å². The van der Waals surface area contributed by atoms with Gasteiger partial charge in [0.15, 0.2) is 0 Å². The van der Waals surface area contributed by atoms with Gasteiger partial charge in [0, 0.05) is 30.9 Å². The molecule has 5 heteroatoms. The van der Waals surface area contributed by atoms with Gasteiger partial charge in [-0.25, -0.2) is 0 Å². The Kier molecular flexibility index (Phi) is 4.16. The van der Waals surface area contributed by atoms with Crippen molar-refractivity contribution in [3.05, 3.63) is 45.9 Å². The number of nitrogens with zero attached hydrogens (tertiary/aromatic N) is 2. The van der Waals surface area contributed by atoms with Gasteiger partial charge in [-0.3, -0.25) is 9.78 Å². The Morgan fingerprint density at radius 1 is 1.53 bits per heavy atom. The molecule has 2 heterocycles. The van der Waals surface area contributed by atoms with E-state index in [2.05, 4.69) is 10.3 Å². The number of amides is 1. The number of anilines is 1. The van der Waals surface area contributed by atoms with Crippen molar-refractivity contribution < 1.29 is 4.79 Å². The molecular weight excluding hydrogens is 258 g/mol. The fourth-order valence-corrected chi connectivity index (χ4v) is 2.61. The first kappa shape index (κ1) is 13.5.